The number of amides is 1. The maximum Gasteiger partial charge on any atom is 0.261 e. The molecule has 0 fully saturated rings. The molecule has 1 amide bonds. The zero-order valence-electron chi connectivity index (χ0n) is 15.1. The Morgan fingerprint density at radius 3 is 2.70 bits per heavy atom. The van der Waals surface area contributed by atoms with Crippen molar-refractivity contribution >= 4 is 23.4 Å². The molecule has 0 aliphatic heterocycles. The fourth-order valence-corrected chi connectivity index (χ4v) is 2.98. The number of aromatic nitrogens is 2. The van der Waals surface area contributed by atoms with E-state index in [9.17, 15) is 9.18 Å². The first-order valence-electron chi connectivity index (χ1n) is 8.19. The number of thioether (sulfide) groups is 1. The van der Waals surface area contributed by atoms with Crippen molar-refractivity contribution in [3.63, 3.8) is 0 Å². The van der Waals surface area contributed by atoms with Gasteiger partial charge in [0.05, 0.1) is 6.20 Å². The number of carbonyl (C=O) groups is 1. The lowest BCUT2D eigenvalue weighted by Crippen LogP contribution is -2.16. The molecular formula is C20H18FN3O2S. The van der Waals surface area contributed by atoms with Gasteiger partial charge in [-0.3, -0.25) is 4.79 Å². The molecule has 138 valence electrons. The van der Waals surface area contributed by atoms with Crippen molar-refractivity contribution in [1.82, 2.24) is 10.2 Å². The van der Waals surface area contributed by atoms with Crippen LogP contribution in [0.3, 0.4) is 0 Å². The van der Waals surface area contributed by atoms with Crippen molar-refractivity contribution in [3.8, 4) is 11.6 Å². The summed E-state index contributed by atoms with van der Waals surface area (Å²) in [4.78, 5) is 13.9. The summed E-state index contributed by atoms with van der Waals surface area (Å²) >= 11 is 1.59. The number of ether oxygens (including phenoxy) is 1. The number of halogens is 1. The van der Waals surface area contributed by atoms with E-state index in [4.69, 9.17) is 4.74 Å². The molecule has 0 radical (unpaired) electrons. The molecule has 3 rings (SSSR count). The monoisotopic (exact) mass is 383 g/mol. The molecular weight excluding hydrogens is 365 g/mol. The van der Waals surface area contributed by atoms with Gasteiger partial charge in [0.15, 0.2) is 0 Å². The Morgan fingerprint density at radius 1 is 1.15 bits per heavy atom. The van der Waals surface area contributed by atoms with E-state index in [2.05, 4.69) is 15.5 Å². The molecule has 7 heteroatoms. The van der Waals surface area contributed by atoms with Gasteiger partial charge in [-0.05, 0) is 67.6 Å². The first-order valence-corrected chi connectivity index (χ1v) is 9.42. The van der Waals surface area contributed by atoms with Crippen LogP contribution in [-0.4, -0.2) is 22.4 Å². The Kier molecular flexibility index (Phi) is 5.71. The van der Waals surface area contributed by atoms with Gasteiger partial charge in [-0.25, -0.2) is 4.39 Å². The standard InChI is InChI=1S/C20H18FN3O2S/c1-12-9-14(21)7-8-17(12)26-20-18(13(2)11-22-24-20)19(25)23-15-5-4-6-16(10-15)27-3/h4-11H,1-3H3,(H,23,25). The summed E-state index contributed by atoms with van der Waals surface area (Å²) in [6.45, 7) is 3.47. The lowest BCUT2D eigenvalue weighted by molar-refractivity contribution is 0.102. The Labute approximate surface area is 161 Å². The number of rotatable bonds is 5. The molecule has 3 aromatic rings. The molecule has 1 N–H and O–H groups in total. The number of anilines is 1. The van der Waals surface area contributed by atoms with Gasteiger partial charge in [0.25, 0.3) is 11.8 Å². The van der Waals surface area contributed by atoms with E-state index in [1.807, 2.05) is 30.5 Å². The second kappa shape index (κ2) is 8.18. The van der Waals surface area contributed by atoms with Crippen LogP contribution in [0.15, 0.2) is 53.6 Å². The minimum atomic E-state index is -0.359. The van der Waals surface area contributed by atoms with Crippen molar-refractivity contribution < 1.29 is 13.9 Å². The zero-order valence-corrected chi connectivity index (χ0v) is 15.9. The van der Waals surface area contributed by atoms with E-state index in [1.165, 1.54) is 24.4 Å². The van der Waals surface area contributed by atoms with Crippen LogP contribution in [0, 0.1) is 19.7 Å². The number of hydrogen-bond donors (Lipinski definition) is 1. The molecule has 0 saturated carbocycles. The van der Waals surface area contributed by atoms with Gasteiger partial charge < -0.3 is 10.1 Å². The van der Waals surface area contributed by atoms with E-state index < -0.39 is 0 Å². The van der Waals surface area contributed by atoms with E-state index >= 15 is 0 Å². The second-order valence-electron chi connectivity index (χ2n) is 5.91. The molecule has 0 saturated heterocycles. The Balaban J connectivity index is 1.91. The van der Waals surface area contributed by atoms with E-state index in [0.717, 1.165) is 4.90 Å². The number of carbonyl (C=O) groups excluding carboxylic acids is 1. The molecule has 0 unspecified atom stereocenters. The fraction of sp³-hybridized carbons (Fsp3) is 0.150. The van der Waals surface area contributed by atoms with Crippen LogP contribution in [-0.2, 0) is 0 Å². The normalized spacial score (nSPS) is 10.5. The van der Waals surface area contributed by atoms with Gasteiger partial charge in [0.2, 0.25) is 0 Å². The number of aryl methyl sites for hydroxylation is 2. The molecule has 27 heavy (non-hydrogen) atoms. The SMILES string of the molecule is CSc1cccc(NC(=O)c2c(C)cnnc2Oc2ccc(F)cc2C)c1. The van der Waals surface area contributed by atoms with Crippen LogP contribution in [0.2, 0.25) is 0 Å². The Bertz CT molecular complexity index is 995. The molecule has 0 spiro atoms. The van der Waals surface area contributed by atoms with Gasteiger partial charge in [0.1, 0.15) is 17.1 Å². The minimum Gasteiger partial charge on any atom is -0.437 e. The van der Waals surface area contributed by atoms with Crippen LogP contribution in [0.4, 0.5) is 10.1 Å². The highest BCUT2D eigenvalue weighted by atomic mass is 32.2. The van der Waals surface area contributed by atoms with Crippen molar-refractivity contribution in [3.05, 3.63) is 71.2 Å². The first-order chi connectivity index (χ1) is 13.0. The Hall–Kier alpha value is -2.93. The zero-order chi connectivity index (χ0) is 19.4. The highest BCUT2D eigenvalue weighted by Crippen LogP contribution is 2.28. The number of benzene rings is 2. The van der Waals surface area contributed by atoms with Gasteiger partial charge in [-0.2, -0.15) is 5.10 Å². The van der Waals surface area contributed by atoms with Gasteiger partial charge in [-0.1, -0.05) is 6.07 Å². The van der Waals surface area contributed by atoms with Crippen LogP contribution in [0.25, 0.3) is 0 Å². The molecule has 0 aliphatic rings. The maximum atomic E-state index is 13.3. The summed E-state index contributed by atoms with van der Waals surface area (Å²) in [5.41, 5.74) is 2.17. The number of hydrogen-bond acceptors (Lipinski definition) is 5. The summed E-state index contributed by atoms with van der Waals surface area (Å²) < 4.78 is 19.1. The lowest BCUT2D eigenvalue weighted by atomic mass is 10.1. The van der Waals surface area contributed by atoms with Crippen LogP contribution >= 0.6 is 11.8 Å². The summed E-state index contributed by atoms with van der Waals surface area (Å²) in [5.74, 6) is -0.227. The van der Waals surface area contributed by atoms with Crippen molar-refractivity contribution in [1.29, 1.82) is 0 Å². The third-order valence-electron chi connectivity index (χ3n) is 3.91. The van der Waals surface area contributed by atoms with Gasteiger partial charge >= 0.3 is 0 Å². The summed E-state index contributed by atoms with van der Waals surface area (Å²) in [5, 5.41) is 10.7. The highest BCUT2D eigenvalue weighted by molar-refractivity contribution is 7.98. The molecule has 1 heterocycles. The third kappa shape index (κ3) is 4.43. The predicted octanol–water partition coefficient (Wildman–Crippen LogP) is 5.00. The average molecular weight is 383 g/mol. The van der Waals surface area contributed by atoms with Crippen molar-refractivity contribution in [2.45, 2.75) is 18.7 Å². The fourth-order valence-electron chi connectivity index (χ4n) is 2.52. The topological polar surface area (TPSA) is 64.1 Å². The van der Waals surface area contributed by atoms with E-state index in [-0.39, 0.29) is 23.2 Å². The average Bonchev–Trinajstić information content (AvgIpc) is 2.64. The third-order valence-corrected chi connectivity index (χ3v) is 4.63. The minimum absolute atomic E-state index is 0.0724. The Morgan fingerprint density at radius 2 is 1.96 bits per heavy atom. The van der Waals surface area contributed by atoms with E-state index in [0.29, 0.717) is 22.6 Å². The quantitative estimate of drug-likeness (QED) is 0.628. The lowest BCUT2D eigenvalue weighted by Gasteiger charge is -2.13. The predicted molar refractivity (Wildman–Crippen MR) is 104 cm³/mol. The van der Waals surface area contributed by atoms with Crippen LogP contribution in [0.1, 0.15) is 21.5 Å². The maximum absolute atomic E-state index is 13.3. The molecule has 5 nitrogen and oxygen atoms in total. The molecule has 1 aromatic heterocycles. The molecule has 0 atom stereocenters. The van der Waals surface area contributed by atoms with Crippen LogP contribution < -0.4 is 10.1 Å². The highest BCUT2D eigenvalue weighted by Gasteiger charge is 2.19. The summed E-state index contributed by atoms with van der Waals surface area (Å²) in [7, 11) is 0. The van der Waals surface area contributed by atoms with E-state index in [1.54, 1.807) is 25.6 Å². The molecule has 2 aromatic carbocycles. The smallest absolute Gasteiger partial charge is 0.261 e. The first kappa shape index (κ1) is 18.8. The van der Waals surface area contributed by atoms with Gasteiger partial charge in [-0.15, -0.1) is 16.9 Å². The van der Waals surface area contributed by atoms with Crippen molar-refractivity contribution in [2.24, 2.45) is 0 Å². The van der Waals surface area contributed by atoms with Crippen molar-refractivity contribution in [2.75, 3.05) is 11.6 Å². The largest absolute Gasteiger partial charge is 0.437 e. The molecule has 0 bridgehead atoms. The molecule has 0 aliphatic carbocycles. The second-order valence-corrected chi connectivity index (χ2v) is 6.79. The summed E-state index contributed by atoms with van der Waals surface area (Å²) in [6, 6.07) is 11.7. The number of nitrogens with zero attached hydrogens (tertiary/aromatic N) is 2. The van der Waals surface area contributed by atoms with Crippen LogP contribution in [0.5, 0.6) is 11.6 Å². The summed E-state index contributed by atoms with van der Waals surface area (Å²) in [6.07, 6.45) is 3.46. The van der Waals surface area contributed by atoms with Gasteiger partial charge in [0, 0.05) is 10.6 Å². The number of nitrogens with one attached hydrogen (secondary N) is 1.